The van der Waals surface area contributed by atoms with Gasteiger partial charge in [-0.3, -0.25) is 0 Å². The summed E-state index contributed by atoms with van der Waals surface area (Å²) in [7, 11) is 1.46. The van der Waals surface area contributed by atoms with Crippen LogP contribution in [0.25, 0.3) is 0 Å². The molecule has 0 atom stereocenters. The maximum absolute atomic E-state index is 13.2. The molecule has 2 heteroatoms. The Morgan fingerprint density at radius 2 is 2.23 bits per heavy atom. The van der Waals surface area contributed by atoms with E-state index in [1.807, 2.05) is 6.92 Å². The van der Waals surface area contributed by atoms with Gasteiger partial charge in [0.15, 0.2) is 11.6 Å². The molecule has 0 amide bonds. The third kappa shape index (κ3) is 1.89. The summed E-state index contributed by atoms with van der Waals surface area (Å²) in [5, 5.41) is 0. The number of hydrogen-bond donors (Lipinski definition) is 0. The van der Waals surface area contributed by atoms with E-state index < -0.39 is 0 Å². The van der Waals surface area contributed by atoms with Gasteiger partial charge in [0.05, 0.1) is 7.11 Å². The maximum atomic E-state index is 13.2. The third-order valence-electron chi connectivity index (χ3n) is 1.90. The zero-order chi connectivity index (χ0) is 9.84. The highest BCUT2D eigenvalue weighted by Crippen LogP contribution is 2.28. The second kappa shape index (κ2) is 4.08. The Labute approximate surface area is 77.8 Å². The minimum absolute atomic E-state index is 0.278. The molecule has 0 aliphatic rings. The van der Waals surface area contributed by atoms with E-state index in [0.717, 1.165) is 11.5 Å². The molecule has 0 aliphatic heterocycles. The first-order valence-electron chi connectivity index (χ1n) is 3.99. The molecule has 1 rings (SSSR count). The average molecular weight is 179 g/mol. The molecule has 0 spiro atoms. The van der Waals surface area contributed by atoms with Gasteiger partial charge in [-0.2, -0.15) is 0 Å². The van der Waals surface area contributed by atoms with Gasteiger partial charge in [0.1, 0.15) is 0 Å². The van der Waals surface area contributed by atoms with Crippen molar-refractivity contribution in [3.8, 4) is 5.75 Å². The zero-order valence-corrected chi connectivity index (χ0v) is 7.80. The Kier molecular flexibility index (Phi) is 3.07. The van der Waals surface area contributed by atoms with E-state index in [-0.39, 0.29) is 11.6 Å². The number of ether oxygens (including phenoxy) is 1. The van der Waals surface area contributed by atoms with E-state index in [1.165, 1.54) is 13.2 Å². The summed E-state index contributed by atoms with van der Waals surface area (Å²) in [6, 6.07) is 4.83. The minimum Gasteiger partial charge on any atom is -0.493 e. The van der Waals surface area contributed by atoms with Crippen LogP contribution in [0.5, 0.6) is 5.75 Å². The van der Waals surface area contributed by atoms with E-state index in [1.54, 1.807) is 18.2 Å². The SMILES string of the molecule is C=C[C](C)c1cccc(F)c1OC. The van der Waals surface area contributed by atoms with E-state index in [4.69, 9.17) is 4.74 Å². The van der Waals surface area contributed by atoms with E-state index in [0.29, 0.717) is 0 Å². The topological polar surface area (TPSA) is 9.23 Å². The largest absolute Gasteiger partial charge is 0.493 e. The fraction of sp³-hybridized carbons (Fsp3) is 0.182. The zero-order valence-electron chi connectivity index (χ0n) is 7.80. The van der Waals surface area contributed by atoms with Crippen LogP contribution in [0.15, 0.2) is 30.9 Å². The van der Waals surface area contributed by atoms with Crippen LogP contribution in [0, 0.1) is 11.7 Å². The van der Waals surface area contributed by atoms with Gasteiger partial charge < -0.3 is 4.74 Å². The normalized spacial score (nSPS) is 10.2. The van der Waals surface area contributed by atoms with Crippen molar-refractivity contribution in [1.82, 2.24) is 0 Å². The molecule has 0 fully saturated rings. The number of halogens is 1. The molecular formula is C11H12FO. The van der Waals surface area contributed by atoms with Crippen molar-refractivity contribution in [2.45, 2.75) is 6.92 Å². The number of rotatable bonds is 3. The van der Waals surface area contributed by atoms with Gasteiger partial charge in [-0.1, -0.05) is 25.1 Å². The summed E-state index contributed by atoms with van der Waals surface area (Å²) in [6.07, 6.45) is 1.68. The molecule has 0 saturated carbocycles. The molecule has 1 radical (unpaired) electrons. The summed E-state index contributed by atoms with van der Waals surface area (Å²) in [6.45, 7) is 5.49. The maximum Gasteiger partial charge on any atom is 0.165 e. The van der Waals surface area contributed by atoms with Crippen LogP contribution in [0.2, 0.25) is 0 Å². The van der Waals surface area contributed by atoms with Gasteiger partial charge in [0.25, 0.3) is 0 Å². The summed E-state index contributed by atoms with van der Waals surface area (Å²) in [5.41, 5.74) is 0.748. The van der Waals surface area contributed by atoms with Crippen molar-refractivity contribution < 1.29 is 9.13 Å². The Morgan fingerprint density at radius 3 is 2.77 bits per heavy atom. The predicted octanol–water partition coefficient (Wildman–Crippen LogP) is 2.96. The van der Waals surface area contributed by atoms with Gasteiger partial charge in [-0.05, 0) is 6.07 Å². The lowest BCUT2D eigenvalue weighted by Crippen LogP contribution is -1.97. The molecule has 1 aromatic carbocycles. The molecule has 0 aromatic heterocycles. The van der Waals surface area contributed by atoms with Gasteiger partial charge in [-0.25, -0.2) is 4.39 Å². The number of methoxy groups -OCH3 is 1. The van der Waals surface area contributed by atoms with Crippen molar-refractivity contribution in [3.63, 3.8) is 0 Å². The second-order valence-electron chi connectivity index (χ2n) is 2.71. The first-order valence-corrected chi connectivity index (χ1v) is 3.99. The lowest BCUT2D eigenvalue weighted by atomic mass is 10.0. The molecule has 13 heavy (non-hydrogen) atoms. The van der Waals surface area contributed by atoms with Crippen LogP contribution < -0.4 is 4.74 Å². The van der Waals surface area contributed by atoms with Gasteiger partial charge >= 0.3 is 0 Å². The van der Waals surface area contributed by atoms with Crippen molar-refractivity contribution in [3.05, 3.63) is 48.2 Å². The molecule has 0 N–H and O–H groups in total. The van der Waals surface area contributed by atoms with Crippen LogP contribution in [-0.2, 0) is 0 Å². The standard InChI is InChI=1S/C11H12FO/c1-4-8(2)9-6-5-7-10(12)11(9)13-3/h4-7H,1H2,2-3H3. The number of hydrogen-bond acceptors (Lipinski definition) is 1. The molecule has 0 heterocycles. The summed E-state index contributed by atoms with van der Waals surface area (Å²) in [4.78, 5) is 0. The van der Waals surface area contributed by atoms with Crippen LogP contribution in [0.4, 0.5) is 4.39 Å². The summed E-state index contributed by atoms with van der Waals surface area (Å²) in [5.74, 6) is 0.831. The van der Waals surface area contributed by atoms with Crippen molar-refractivity contribution in [1.29, 1.82) is 0 Å². The van der Waals surface area contributed by atoms with E-state index in [2.05, 4.69) is 6.58 Å². The predicted molar refractivity (Wildman–Crippen MR) is 51.2 cm³/mol. The molecule has 69 valence electrons. The highest BCUT2D eigenvalue weighted by Gasteiger charge is 2.12. The molecular weight excluding hydrogens is 167 g/mol. The first kappa shape index (κ1) is 9.78. The highest BCUT2D eigenvalue weighted by atomic mass is 19.1. The monoisotopic (exact) mass is 179 g/mol. The van der Waals surface area contributed by atoms with Crippen LogP contribution in [0.3, 0.4) is 0 Å². The highest BCUT2D eigenvalue weighted by molar-refractivity contribution is 5.46. The lowest BCUT2D eigenvalue weighted by molar-refractivity contribution is 0.383. The van der Waals surface area contributed by atoms with Crippen molar-refractivity contribution in [2.75, 3.05) is 7.11 Å². The summed E-state index contributed by atoms with van der Waals surface area (Å²) < 4.78 is 18.1. The fourth-order valence-electron chi connectivity index (χ4n) is 1.14. The van der Waals surface area contributed by atoms with E-state index >= 15 is 0 Å². The van der Waals surface area contributed by atoms with Crippen LogP contribution in [0.1, 0.15) is 12.5 Å². The fourth-order valence-corrected chi connectivity index (χ4v) is 1.14. The van der Waals surface area contributed by atoms with Gasteiger partial charge in [-0.15, -0.1) is 6.58 Å². The number of para-hydroxylation sites is 1. The average Bonchev–Trinajstić information content (AvgIpc) is 2.16. The quantitative estimate of drug-likeness (QED) is 0.693. The summed E-state index contributed by atoms with van der Waals surface area (Å²) >= 11 is 0. The molecule has 0 saturated heterocycles. The Bertz CT molecular complexity index is 307. The van der Waals surface area contributed by atoms with E-state index in [9.17, 15) is 4.39 Å². The molecule has 1 aromatic rings. The van der Waals surface area contributed by atoms with Crippen molar-refractivity contribution >= 4 is 0 Å². The Hall–Kier alpha value is -1.31. The number of allylic oxidation sites excluding steroid dienone is 1. The van der Waals surface area contributed by atoms with Gasteiger partial charge in [0, 0.05) is 11.5 Å². The Balaban J connectivity index is 3.19. The third-order valence-corrected chi connectivity index (χ3v) is 1.90. The Morgan fingerprint density at radius 1 is 1.54 bits per heavy atom. The number of benzene rings is 1. The van der Waals surface area contributed by atoms with Crippen LogP contribution in [-0.4, -0.2) is 7.11 Å². The smallest absolute Gasteiger partial charge is 0.165 e. The van der Waals surface area contributed by atoms with Gasteiger partial charge in [0.2, 0.25) is 0 Å². The molecule has 1 nitrogen and oxygen atoms in total. The van der Waals surface area contributed by atoms with Crippen LogP contribution >= 0.6 is 0 Å². The molecule has 0 bridgehead atoms. The minimum atomic E-state index is -0.346. The lowest BCUT2D eigenvalue weighted by Gasteiger charge is -2.11. The molecule has 0 unspecified atom stereocenters. The first-order chi connectivity index (χ1) is 6.20. The molecule has 0 aliphatic carbocycles. The van der Waals surface area contributed by atoms with Crippen molar-refractivity contribution in [2.24, 2.45) is 0 Å². The second-order valence-corrected chi connectivity index (χ2v) is 2.71.